The molecule has 0 aromatic carbocycles. The lowest BCUT2D eigenvalue weighted by molar-refractivity contribution is -0.121. The number of carbonyl (C=O) groups excluding carboxylic acids is 2. The fourth-order valence-corrected chi connectivity index (χ4v) is 4.07. The van der Waals surface area contributed by atoms with Crippen LogP contribution in [0.25, 0.3) is 0 Å². The van der Waals surface area contributed by atoms with Gasteiger partial charge >= 0.3 is 0 Å². The van der Waals surface area contributed by atoms with E-state index in [0.29, 0.717) is 44.2 Å². The molecule has 4 rings (SSSR count). The van der Waals surface area contributed by atoms with Gasteiger partial charge in [0.15, 0.2) is 0 Å². The number of amides is 2. The highest BCUT2D eigenvalue weighted by atomic mass is 16.2. The predicted octanol–water partition coefficient (Wildman–Crippen LogP) is 0.0738. The van der Waals surface area contributed by atoms with Gasteiger partial charge in [0.05, 0.1) is 0 Å². The molecule has 3 aliphatic rings. The number of carbonyl (C=O) groups is 2. The first-order valence-corrected chi connectivity index (χ1v) is 9.35. The van der Waals surface area contributed by atoms with E-state index in [-0.39, 0.29) is 28.5 Å². The molecule has 0 radical (unpaired) electrons. The number of piperazine rings is 1. The van der Waals surface area contributed by atoms with Gasteiger partial charge in [-0.3, -0.25) is 19.3 Å². The second kappa shape index (κ2) is 6.50. The summed E-state index contributed by atoms with van der Waals surface area (Å²) < 4.78 is 0. The number of aromatic nitrogens is 2. The highest BCUT2D eigenvalue weighted by Gasteiger charge is 2.42. The minimum absolute atomic E-state index is 0.0648. The molecule has 1 aromatic rings. The molecule has 0 unspecified atom stereocenters. The Labute approximate surface area is 152 Å². The zero-order chi connectivity index (χ0) is 18.3. The molecule has 2 aliphatic heterocycles. The van der Waals surface area contributed by atoms with Gasteiger partial charge in [-0.25, -0.2) is 4.98 Å². The van der Waals surface area contributed by atoms with E-state index >= 15 is 0 Å². The summed E-state index contributed by atoms with van der Waals surface area (Å²) >= 11 is 0. The van der Waals surface area contributed by atoms with Crippen molar-refractivity contribution in [3.8, 4) is 0 Å². The molecule has 1 saturated carbocycles. The van der Waals surface area contributed by atoms with Crippen LogP contribution in [0.4, 0.5) is 0 Å². The molecular formula is C18H25N5O3. The Kier molecular flexibility index (Phi) is 4.30. The van der Waals surface area contributed by atoms with Gasteiger partial charge in [-0.15, -0.1) is 0 Å². The highest BCUT2D eigenvalue weighted by Crippen LogP contribution is 2.37. The van der Waals surface area contributed by atoms with Crippen molar-refractivity contribution in [1.82, 2.24) is 25.1 Å². The van der Waals surface area contributed by atoms with Crippen molar-refractivity contribution in [2.24, 2.45) is 0 Å². The number of aromatic amines is 1. The lowest BCUT2D eigenvalue weighted by Gasteiger charge is -2.49. The fourth-order valence-electron chi connectivity index (χ4n) is 4.07. The molecule has 1 spiro atoms. The van der Waals surface area contributed by atoms with Gasteiger partial charge < -0.3 is 15.2 Å². The average Bonchev–Trinajstić information content (AvgIpc) is 3.47. The summed E-state index contributed by atoms with van der Waals surface area (Å²) in [5, 5.41) is 2.91. The summed E-state index contributed by atoms with van der Waals surface area (Å²) in [6.45, 7) is 2.44. The van der Waals surface area contributed by atoms with Gasteiger partial charge in [-0.2, -0.15) is 0 Å². The van der Waals surface area contributed by atoms with Gasteiger partial charge in [-0.05, 0) is 32.7 Å². The molecule has 0 bridgehead atoms. The third-order valence-corrected chi connectivity index (χ3v) is 6.03. The van der Waals surface area contributed by atoms with E-state index in [1.807, 2.05) is 0 Å². The van der Waals surface area contributed by atoms with Crippen LogP contribution in [0.2, 0.25) is 0 Å². The van der Waals surface area contributed by atoms with Gasteiger partial charge in [0.25, 0.3) is 11.5 Å². The smallest absolute Gasteiger partial charge is 0.263 e. The lowest BCUT2D eigenvalue weighted by Crippen LogP contribution is -2.62. The zero-order valence-electron chi connectivity index (χ0n) is 15.1. The van der Waals surface area contributed by atoms with E-state index in [1.165, 1.54) is 6.20 Å². The number of nitrogens with one attached hydrogen (secondary N) is 2. The number of hydrogen-bond donors (Lipinski definition) is 2. The average molecular weight is 359 g/mol. The zero-order valence-corrected chi connectivity index (χ0v) is 15.1. The van der Waals surface area contributed by atoms with Gasteiger partial charge in [0, 0.05) is 50.3 Å². The summed E-state index contributed by atoms with van der Waals surface area (Å²) in [5.41, 5.74) is -0.462. The maximum atomic E-state index is 13.0. The predicted molar refractivity (Wildman–Crippen MR) is 95.0 cm³/mol. The van der Waals surface area contributed by atoms with E-state index in [2.05, 4.69) is 27.2 Å². The van der Waals surface area contributed by atoms with Crippen molar-refractivity contribution in [3.63, 3.8) is 0 Å². The lowest BCUT2D eigenvalue weighted by atomic mass is 9.86. The molecule has 8 heteroatoms. The summed E-state index contributed by atoms with van der Waals surface area (Å²) in [5.74, 6) is 0.830. The van der Waals surface area contributed by atoms with Crippen LogP contribution in [0.1, 0.15) is 54.2 Å². The molecular weight excluding hydrogens is 334 g/mol. The Balaban J connectivity index is 1.54. The summed E-state index contributed by atoms with van der Waals surface area (Å²) in [6, 6.07) is 0. The number of H-pyrrole nitrogens is 1. The summed E-state index contributed by atoms with van der Waals surface area (Å²) in [4.78, 5) is 48.1. The van der Waals surface area contributed by atoms with Crippen LogP contribution >= 0.6 is 0 Å². The number of likely N-dealkylation sites (N-methyl/N-ethyl adjacent to an activating group) is 1. The number of rotatable bonds is 2. The minimum Gasteiger partial charge on any atom is -0.356 e. The Bertz CT molecular complexity index is 787. The molecule has 2 N–H and O–H groups in total. The molecule has 1 aliphatic carbocycles. The van der Waals surface area contributed by atoms with Crippen LogP contribution < -0.4 is 10.9 Å². The Morgan fingerprint density at radius 2 is 2.08 bits per heavy atom. The van der Waals surface area contributed by atoms with Crippen LogP contribution in [0.5, 0.6) is 0 Å². The molecule has 3 fully saturated rings. The van der Waals surface area contributed by atoms with Crippen LogP contribution in [-0.2, 0) is 4.79 Å². The third kappa shape index (κ3) is 3.13. The van der Waals surface area contributed by atoms with Crippen molar-refractivity contribution in [2.45, 2.75) is 43.6 Å². The minimum atomic E-state index is -0.349. The quantitative estimate of drug-likeness (QED) is 0.779. The fraction of sp³-hybridized carbons (Fsp3) is 0.667. The van der Waals surface area contributed by atoms with Crippen molar-refractivity contribution in [1.29, 1.82) is 0 Å². The maximum Gasteiger partial charge on any atom is 0.263 e. The second-order valence-electron chi connectivity index (χ2n) is 7.76. The van der Waals surface area contributed by atoms with Crippen LogP contribution in [0.15, 0.2) is 11.0 Å². The molecule has 8 nitrogen and oxygen atoms in total. The number of nitrogens with zero attached hydrogens (tertiary/aromatic N) is 3. The molecule has 26 heavy (non-hydrogen) atoms. The van der Waals surface area contributed by atoms with Crippen molar-refractivity contribution >= 4 is 11.8 Å². The second-order valence-corrected chi connectivity index (χ2v) is 7.76. The topological polar surface area (TPSA) is 98.4 Å². The molecule has 1 atom stereocenters. The van der Waals surface area contributed by atoms with Crippen molar-refractivity contribution < 1.29 is 9.59 Å². The monoisotopic (exact) mass is 359 g/mol. The van der Waals surface area contributed by atoms with E-state index in [9.17, 15) is 14.4 Å². The first kappa shape index (κ1) is 17.2. The summed E-state index contributed by atoms with van der Waals surface area (Å²) in [6.07, 6.45) is 5.50. The molecule has 2 saturated heterocycles. The largest absolute Gasteiger partial charge is 0.356 e. The van der Waals surface area contributed by atoms with E-state index in [4.69, 9.17) is 0 Å². The van der Waals surface area contributed by atoms with E-state index < -0.39 is 0 Å². The van der Waals surface area contributed by atoms with Crippen LogP contribution in [0, 0.1) is 0 Å². The van der Waals surface area contributed by atoms with Gasteiger partial charge in [-0.1, -0.05) is 0 Å². The molecule has 1 aromatic heterocycles. The van der Waals surface area contributed by atoms with E-state index in [1.54, 1.807) is 4.90 Å². The maximum absolute atomic E-state index is 13.0. The molecule has 140 valence electrons. The summed E-state index contributed by atoms with van der Waals surface area (Å²) in [7, 11) is 2.05. The first-order valence-electron chi connectivity index (χ1n) is 9.35. The molecule has 3 heterocycles. The highest BCUT2D eigenvalue weighted by molar-refractivity contribution is 5.93. The first-order chi connectivity index (χ1) is 12.5. The Morgan fingerprint density at radius 3 is 2.81 bits per heavy atom. The van der Waals surface area contributed by atoms with Crippen LogP contribution in [-0.4, -0.2) is 70.3 Å². The van der Waals surface area contributed by atoms with Crippen LogP contribution in [0.3, 0.4) is 0 Å². The molecule has 2 amide bonds. The number of hydrogen-bond acceptors (Lipinski definition) is 5. The van der Waals surface area contributed by atoms with Crippen molar-refractivity contribution in [2.75, 3.05) is 33.2 Å². The van der Waals surface area contributed by atoms with Gasteiger partial charge in [0.2, 0.25) is 5.91 Å². The Morgan fingerprint density at radius 1 is 1.27 bits per heavy atom. The van der Waals surface area contributed by atoms with Crippen molar-refractivity contribution in [3.05, 3.63) is 27.9 Å². The normalized spacial score (nSPS) is 27.3. The standard InChI is InChI=1S/C18H25N5O3/c1-22-8-9-23(11-18(22)5-4-14(24)19-7-6-18)17(26)13-10-20-15(12-2-3-12)21-16(13)25/h10,12H,2-9,11H2,1H3,(H,19,24)(H,20,21,25)/t18-/m0/s1. The SMILES string of the molecule is CN1CCN(C(=O)c2cnc(C3CC3)[nH]c2=O)C[C@]12CCNC(=O)CC2. The van der Waals surface area contributed by atoms with E-state index in [0.717, 1.165) is 25.8 Å². The Hall–Kier alpha value is -2.22. The van der Waals surface area contributed by atoms with Gasteiger partial charge in [0.1, 0.15) is 11.4 Å². The third-order valence-electron chi connectivity index (χ3n) is 6.03.